The molecule has 15 heavy (non-hydrogen) atoms. The molecule has 0 aromatic carbocycles. The SMILES string of the molecule is CN(C)Cc1cnc(CC(C)(C)CO)s1. The van der Waals surface area contributed by atoms with Gasteiger partial charge in [-0.15, -0.1) is 11.3 Å². The van der Waals surface area contributed by atoms with Crippen LogP contribution in [0, 0.1) is 5.41 Å². The van der Waals surface area contributed by atoms with E-state index in [0.717, 1.165) is 18.0 Å². The van der Waals surface area contributed by atoms with Crippen molar-refractivity contribution in [3.8, 4) is 0 Å². The Kier molecular flexibility index (Phi) is 4.25. The summed E-state index contributed by atoms with van der Waals surface area (Å²) in [6.45, 7) is 5.26. The van der Waals surface area contributed by atoms with Crippen molar-refractivity contribution >= 4 is 11.3 Å². The second-order valence-electron chi connectivity index (χ2n) is 4.96. The number of aromatic nitrogens is 1. The largest absolute Gasteiger partial charge is 0.396 e. The Balaban J connectivity index is 2.60. The molecule has 0 radical (unpaired) electrons. The van der Waals surface area contributed by atoms with Crippen LogP contribution in [-0.4, -0.2) is 35.7 Å². The van der Waals surface area contributed by atoms with Crippen LogP contribution in [0.2, 0.25) is 0 Å². The van der Waals surface area contributed by atoms with E-state index in [0.29, 0.717) is 0 Å². The number of hydrogen-bond donors (Lipinski definition) is 1. The molecule has 0 aliphatic carbocycles. The van der Waals surface area contributed by atoms with E-state index >= 15 is 0 Å². The number of aliphatic hydroxyl groups is 1. The summed E-state index contributed by atoms with van der Waals surface area (Å²) in [5, 5.41) is 10.3. The van der Waals surface area contributed by atoms with Crippen LogP contribution < -0.4 is 0 Å². The number of thiazole rings is 1. The van der Waals surface area contributed by atoms with Gasteiger partial charge in [-0.25, -0.2) is 4.98 Å². The molecule has 1 heterocycles. The quantitative estimate of drug-likeness (QED) is 0.834. The first kappa shape index (κ1) is 12.6. The first-order valence-electron chi connectivity index (χ1n) is 5.12. The molecule has 86 valence electrons. The number of nitrogens with zero attached hydrogens (tertiary/aromatic N) is 2. The monoisotopic (exact) mass is 228 g/mol. The first-order valence-corrected chi connectivity index (χ1v) is 5.94. The van der Waals surface area contributed by atoms with E-state index in [4.69, 9.17) is 0 Å². The van der Waals surface area contributed by atoms with Crippen molar-refractivity contribution in [2.75, 3.05) is 20.7 Å². The van der Waals surface area contributed by atoms with Gasteiger partial charge in [0.15, 0.2) is 0 Å². The fourth-order valence-electron chi connectivity index (χ4n) is 1.28. The maximum Gasteiger partial charge on any atom is 0.0934 e. The van der Waals surface area contributed by atoms with Crippen LogP contribution in [0.25, 0.3) is 0 Å². The van der Waals surface area contributed by atoms with Crippen molar-refractivity contribution in [2.24, 2.45) is 5.41 Å². The normalized spacial score (nSPS) is 12.4. The van der Waals surface area contributed by atoms with Crippen LogP contribution in [0.1, 0.15) is 23.7 Å². The molecule has 0 bridgehead atoms. The highest BCUT2D eigenvalue weighted by molar-refractivity contribution is 7.11. The zero-order valence-electron chi connectivity index (χ0n) is 9.95. The molecular formula is C11H20N2OS. The van der Waals surface area contributed by atoms with Crippen molar-refractivity contribution in [3.05, 3.63) is 16.1 Å². The zero-order valence-corrected chi connectivity index (χ0v) is 10.8. The minimum absolute atomic E-state index is 0.0623. The molecule has 0 spiro atoms. The molecule has 1 aromatic rings. The summed E-state index contributed by atoms with van der Waals surface area (Å²) in [6.07, 6.45) is 2.79. The van der Waals surface area contributed by atoms with Gasteiger partial charge in [-0.3, -0.25) is 0 Å². The molecule has 0 aliphatic rings. The lowest BCUT2D eigenvalue weighted by atomic mass is 9.91. The summed E-state index contributed by atoms with van der Waals surface area (Å²) in [5.41, 5.74) is -0.0623. The fourth-order valence-corrected chi connectivity index (χ4v) is 2.58. The summed E-state index contributed by atoms with van der Waals surface area (Å²) < 4.78 is 0. The van der Waals surface area contributed by atoms with Crippen molar-refractivity contribution in [1.29, 1.82) is 0 Å². The first-order chi connectivity index (χ1) is 6.93. The third kappa shape index (κ3) is 4.28. The molecule has 0 saturated carbocycles. The Bertz CT molecular complexity index is 307. The lowest BCUT2D eigenvalue weighted by Crippen LogP contribution is -2.19. The maximum absolute atomic E-state index is 9.18. The van der Waals surface area contributed by atoms with Crippen LogP contribution in [0.5, 0.6) is 0 Å². The molecule has 0 unspecified atom stereocenters. The Morgan fingerprint density at radius 1 is 1.47 bits per heavy atom. The molecule has 1 N–H and O–H groups in total. The second kappa shape index (κ2) is 5.05. The predicted molar refractivity (Wildman–Crippen MR) is 64.1 cm³/mol. The topological polar surface area (TPSA) is 36.4 Å². The van der Waals surface area contributed by atoms with Crippen LogP contribution in [0.3, 0.4) is 0 Å². The van der Waals surface area contributed by atoms with Crippen LogP contribution >= 0.6 is 11.3 Å². The maximum atomic E-state index is 9.18. The minimum atomic E-state index is -0.0623. The summed E-state index contributed by atoms with van der Waals surface area (Å²) in [6, 6.07) is 0. The summed E-state index contributed by atoms with van der Waals surface area (Å²) in [4.78, 5) is 7.80. The fraction of sp³-hybridized carbons (Fsp3) is 0.727. The van der Waals surface area contributed by atoms with Crippen molar-refractivity contribution in [3.63, 3.8) is 0 Å². The van der Waals surface area contributed by atoms with E-state index in [1.165, 1.54) is 4.88 Å². The third-order valence-corrected chi connectivity index (χ3v) is 3.11. The average Bonchev–Trinajstić information content (AvgIpc) is 2.50. The van der Waals surface area contributed by atoms with Gasteiger partial charge in [0, 0.05) is 30.6 Å². The molecule has 3 nitrogen and oxygen atoms in total. The van der Waals surface area contributed by atoms with Gasteiger partial charge in [0.2, 0.25) is 0 Å². The van der Waals surface area contributed by atoms with E-state index in [1.54, 1.807) is 11.3 Å². The Morgan fingerprint density at radius 3 is 2.67 bits per heavy atom. The molecule has 0 atom stereocenters. The van der Waals surface area contributed by atoms with E-state index in [2.05, 4.69) is 37.8 Å². The lowest BCUT2D eigenvalue weighted by Gasteiger charge is -2.19. The third-order valence-electron chi connectivity index (χ3n) is 2.13. The molecule has 0 aliphatic heterocycles. The van der Waals surface area contributed by atoms with Crippen LogP contribution in [0.4, 0.5) is 0 Å². The number of aliphatic hydroxyl groups excluding tert-OH is 1. The molecule has 0 fully saturated rings. The van der Waals surface area contributed by atoms with Gasteiger partial charge in [-0.05, 0) is 19.5 Å². The molecule has 0 saturated heterocycles. The lowest BCUT2D eigenvalue weighted by molar-refractivity contribution is 0.159. The highest BCUT2D eigenvalue weighted by atomic mass is 32.1. The van der Waals surface area contributed by atoms with Gasteiger partial charge in [-0.1, -0.05) is 13.8 Å². The second-order valence-corrected chi connectivity index (χ2v) is 6.16. The molecule has 1 rings (SSSR count). The number of rotatable bonds is 5. The Labute approximate surface area is 95.8 Å². The van der Waals surface area contributed by atoms with Gasteiger partial charge in [0.1, 0.15) is 0 Å². The summed E-state index contributed by atoms with van der Waals surface area (Å²) >= 11 is 1.74. The van der Waals surface area contributed by atoms with E-state index in [1.807, 2.05) is 6.20 Å². The Morgan fingerprint density at radius 2 is 2.13 bits per heavy atom. The zero-order chi connectivity index (χ0) is 11.5. The van der Waals surface area contributed by atoms with E-state index in [9.17, 15) is 5.11 Å². The highest BCUT2D eigenvalue weighted by Crippen LogP contribution is 2.24. The Hall–Kier alpha value is -0.450. The number of hydrogen-bond acceptors (Lipinski definition) is 4. The van der Waals surface area contributed by atoms with Crippen LogP contribution in [0.15, 0.2) is 6.20 Å². The smallest absolute Gasteiger partial charge is 0.0934 e. The van der Waals surface area contributed by atoms with Crippen molar-refractivity contribution in [1.82, 2.24) is 9.88 Å². The van der Waals surface area contributed by atoms with Crippen LogP contribution in [-0.2, 0) is 13.0 Å². The standard InChI is InChI=1S/C11H20N2OS/c1-11(2,8-14)5-10-12-6-9(15-10)7-13(3)4/h6,14H,5,7-8H2,1-4H3. The summed E-state index contributed by atoms with van der Waals surface area (Å²) in [5.74, 6) is 0. The van der Waals surface area contributed by atoms with Gasteiger partial charge < -0.3 is 10.0 Å². The molecule has 1 aromatic heterocycles. The van der Waals surface area contributed by atoms with Gasteiger partial charge >= 0.3 is 0 Å². The van der Waals surface area contributed by atoms with Gasteiger partial charge in [0.25, 0.3) is 0 Å². The van der Waals surface area contributed by atoms with E-state index in [-0.39, 0.29) is 12.0 Å². The predicted octanol–water partition coefficient (Wildman–Crippen LogP) is 1.77. The highest BCUT2D eigenvalue weighted by Gasteiger charge is 2.19. The minimum Gasteiger partial charge on any atom is -0.396 e. The van der Waals surface area contributed by atoms with Crippen molar-refractivity contribution < 1.29 is 5.11 Å². The molecular weight excluding hydrogens is 208 g/mol. The molecule has 0 amide bonds. The van der Waals surface area contributed by atoms with Gasteiger partial charge in [0.05, 0.1) is 5.01 Å². The van der Waals surface area contributed by atoms with E-state index < -0.39 is 0 Å². The van der Waals surface area contributed by atoms with Gasteiger partial charge in [-0.2, -0.15) is 0 Å². The average molecular weight is 228 g/mol. The molecule has 4 heteroatoms. The van der Waals surface area contributed by atoms with Crippen molar-refractivity contribution in [2.45, 2.75) is 26.8 Å². The summed E-state index contributed by atoms with van der Waals surface area (Å²) in [7, 11) is 4.11.